The number of para-hydroxylation sites is 1. The molecule has 1 heterocycles. The lowest BCUT2D eigenvalue weighted by atomic mass is 10.1. The molecule has 2 N–H and O–H groups in total. The van der Waals surface area contributed by atoms with Gasteiger partial charge in [-0.3, -0.25) is 4.99 Å². The normalized spacial score (nSPS) is 17.4. The van der Waals surface area contributed by atoms with Crippen molar-refractivity contribution < 1.29 is 8.78 Å². The van der Waals surface area contributed by atoms with Gasteiger partial charge in [0, 0.05) is 32.7 Å². The number of benzene rings is 2. The van der Waals surface area contributed by atoms with Crippen LogP contribution in [0.15, 0.2) is 53.5 Å². The van der Waals surface area contributed by atoms with E-state index in [-0.39, 0.29) is 11.7 Å². The Morgan fingerprint density at radius 2 is 1.85 bits per heavy atom. The predicted molar refractivity (Wildman–Crippen MR) is 102 cm³/mol. The summed E-state index contributed by atoms with van der Waals surface area (Å²) in [4.78, 5) is 5.99. The van der Waals surface area contributed by atoms with Gasteiger partial charge in [0.25, 0.3) is 0 Å². The number of nitrogens with zero attached hydrogens (tertiary/aromatic N) is 2. The summed E-state index contributed by atoms with van der Waals surface area (Å²) in [7, 11) is 1.72. The van der Waals surface area contributed by atoms with E-state index in [0.29, 0.717) is 19.0 Å². The van der Waals surface area contributed by atoms with Gasteiger partial charge >= 0.3 is 0 Å². The monoisotopic (exact) mass is 358 g/mol. The van der Waals surface area contributed by atoms with Crippen LogP contribution in [-0.4, -0.2) is 38.7 Å². The topological polar surface area (TPSA) is 39.7 Å². The van der Waals surface area contributed by atoms with Crippen molar-refractivity contribution in [2.45, 2.75) is 18.9 Å². The van der Waals surface area contributed by atoms with E-state index in [0.717, 1.165) is 19.4 Å². The fourth-order valence-electron chi connectivity index (χ4n) is 3.23. The van der Waals surface area contributed by atoms with E-state index in [1.807, 2.05) is 18.2 Å². The standard InChI is InChI=1S/C20H24F2N4/c1-23-20(24-12-10-15-6-3-2-4-7-15)25-16-11-13-26(14-16)19-17(21)8-5-9-18(19)22/h2-9,16H,10-14H2,1H3,(H2,23,24,25). The van der Waals surface area contributed by atoms with E-state index in [2.05, 4.69) is 27.8 Å². The lowest BCUT2D eigenvalue weighted by Crippen LogP contribution is -2.45. The zero-order valence-corrected chi connectivity index (χ0v) is 14.9. The highest BCUT2D eigenvalue weighted by molar-refractivity contribution is 5.80. The molecule has 0 aromatic heterocycles. The Balaban J connectivity index is 1.50. The second kappa shape index (κ2) is 8.65. The molecule has 1 unspecified atom stereocenters. The van der Waals surface area contributed by atoms with E-state index >= 15 is 0 Å². The van der Waals surface area contributed by atoms with Crippen molar-refractivity contribution >= 4 is 11.6 Å². The van der Waals surface area contributed by atoms with Crippen molar-refractivity contribution in [3.63, 3.8) is 0 Å². The Hall–Kier alpha value is -2.63. The molecule has 0 amide bonds. The average Bonchev–Trinajstić information content (AvgIpc) is 3.09. The third kappa shape index (κ3) is 4.50. The Bertz CT molecular complexity index is 728. The fourth-order valence-corrected chi connectivity index (χ4v) is 3.23. The van der Waals surface area contributed by atoms with Crippen LogP contribution in [0.4, 0.5) is 14.5 Å². The highest BCUT2D eigenvalue weighted by Gasteiger charge is 2.27. The van der Waals surface area contributed by atoms with Crippen molar-refractivity contribution in [3.05, 3.63) is 65.7 Å². The van der Waals surface area contributed by atoms with E-state index in [1.54, 1.807) is 11.9 Å². The second-order valence-corrected chi connectivity index (χ2v) is 6.38. The smallest absolute Gasteiger partial charge is 0.191 e. The molecule has 0 saturated carbocycles. The number of guanidine groups is 1. The van der Waals surface area contributed by atoms with Gasteiger partial charge in [-0.05, 0) is 30.5 Å². The third-order valence-electron chi connectivity index (χ3n) is 4.56. The molecule has 4 nitrogen and oxygen atoms in total. The number of halogens is 2. The number of hydrogen-bond acceptors (Lipinski definition) is 2. The summed E-state index contributed by atoms with van der Waals surface area (Å²) in [5.41, 5.74) is 1.32. The Kier molecular flexibility index (Phi) is 6.04. The van der Waals surface area contributed by atoms with E-state index in [9.17, 15) is 8.78 Å². The molecule has 6 heteroatoms. The summed E-state index contributed by atoms with van der Waals surface area (Å²) in [5.74, 6) is -0.325. The maximum absolute atomic E-state index is 13.9. The van der Waals surface area contributed by atoms with Crippen molar-refractivity contribution in [3.8, 4) is 0 Å². The first kappa shape index (κ1) is 18.2. The van der Waals surface area contributed by atoms with Gasteiger partial charge in [-0.25, -0.2) is 8.78 Å². The number of hydrogen-bond donors (Lipinski definition) is 2. The first-order valence-electron chi connectivity index (χ1n) is 8.87. The van der Waals surface area contributed by atoms with Crippen LogP contribution in [0, 0.1) is 11.6 Å². The summed E-state index contributed by atoms with van der Waals surface area (Å²) >= 11 is 0. The molecular formula is C20H24F2N4. The highest BCUT2D eigenvalue weighted by atomic mass is 19.1. The van der Waals surface area contributed by atoms with E-state index in [4.69, 9.17) is 0 Å². The maximum atomic E-state index is 13.9. The number of aliphatic imine (C=N–C) groups is 1. The van der Waals surface area contributed by atoms with Crippen molar-refractivity contribution in [2.75, 3.05) is 31.6 Å². The minimum Gasteiger partial charge on any atom is -0.365 e. The van der Waals surface area contributed by atoms with Crippen molar-refractivity contribution in [1.82, 2.24) is 10.6 Å². The Labute approximate surface area is 152 Å². The first-order valence-corrected chi connectivity index (χ1v) is 8.87. The highest BCUT2D eigenvalue weighted by Crippen LogP contribution is 2.26. The van der Waals surface area contributed by atoms with Crippen LogP contribution in [0.25, 0.3) is 0 Å². The summed E-state index contributed by atoms with van der Waals surface area (Å²) in [6.45, 7) is 1.91. The Morgan fingerprint density at radius 1 is 1.12 bits per heavy atom. The van der Waals surface area contributed by atoms with Crippen LogP contribution in [0.2, 0.25) is 0 Å². The van der Waals surface area contributed by atoms with Crippen LogP contribution in [0.3, 0.4) is 0 Å². The van der Waals surface area contributed by atoms with Gasteiger partial charge in [0.2, 0.25) is 0 Å². The zero-order valence-electron chi connectivity index (χ0n) is 14.9. The summed E-state index contributed by atoms with van der Waals surface area (Å²) in [5, 5.41) is 6.64. The molecule has 1 saturated heterocycles. The largest absolute Gasteiger partial charge is 0.365 e. The molecule has 2 aromatic rings. The molecule has 0 aliphatic carbocycles. The van der Waals surface area contributed by atoms with Gasteiger partial charge in [-0.1, -0.05) is 36.4 Å². The molecule has 0 spiro atoms. The van der Waals surface area contributed by atoms with Gasteiger partial charge in [0.1, 0.15) is 17.3 Å². The Morgan fingerprint density at radius 3 is 2.54 bits per heavy atom. The van der Waals surface area contributed by atoms with Crippen LogP contribution < -0.4 is 15.5 Å². The molecule has 0 radical (unpaired) electrons. The lowest BCUT2D eigenvalue weighted by Gasteiger charge is -2.21. The van der Waals surface area contributed by atoms with Gasteiger partial charge in [0.15, 0.2) is 5.96 Å². The zero-order chi connectivity index (χ0) is 18.4. The molecule has 0 bridgehead atoms. The summed E-state index contributed by atoms with van der Waals surface area (Å²) in [6.07, 6.45) is 1.70. The van der Waals surface area contributed by atoms with Crippen LogP contribution in [0.1, 0.15) is 12.0 Å². The van der Waals surface area contributed by atoms with Crippen LogP contribution in [-0.2, 0) is 6.42 Å². The van der Waals surface area contributed by atoms with Crippen molar-refractivity contribution in [1.29, 1.82) is 0 Å². The van der Waals surface area contributed by atoms with Gasteiger partial charge in [-0.15, -0.1) is 0 Å². The molecule has 3 rings (SSSR count). The fraction of sp³-hybridized carbons (Fsp3) is 0.350. The molecule has 138 valence electrons. The molecule has 1 atom stereocenters. The maximum Gasteiger partial charge on any atom is 0.191 e. The predicted octanol–water partition coefficient (Wildman–Crippen LogP) is 2.95. The third-order valence-corrected chi connectivity index (χ3v) is 4.56. The quantitative estimate of drug-likeness (QED) is 0.638. The number of anilines is 1. The van der Waals surface area contributed by atoms with E-state index in [1.165, 1.54) is 23.8 Å². The molecule has 26 heavy (non-hydrogen) atoms. The first-order chi connectivity index (χ1) is 12.7. The van der Waals surface area contributed by atoms with E-state index < -0.39 is 11.6 Å². The van der Waals surface area contributed by atoms with Gasteiger partial charge < -0.3 is 15.5 Å². The molecule has 2 aromatic carbocycles. The lowest BCUT2D eigenvalue weighted by molar-refractivity contribution is 0.576. The minimum absolute atomic E-state index is 0.0591. The summed E-state index contributed by atoms with van der Waals surface area (Å²) in [6, 6.07) is 14.3. The van der Waals surface area contributed by atoms with Gasteiger partial charge in [0.05, 0.1) is 0 Å². The molecular weight excluding hydrogens is 334 g/mol. The SMILES string of the molecule is CN=C(NCCc1ccccc1)NC1CCN(c2c(F)cccc2F)C1. The minimum atomic E-state index is -0.518. The van der Waals surface area contributed by atoms with Crippen LogP contribution >= 0.6 is 0 Å². The number of rotatable bonds is 5. The summed E-state index contributed by atoms with van der Waals surface area (Å²) < 4.78 is 27.9. The average molecular weight is 358 g/mol. The van der Waals surface area contributed by atoms with Crippen molar-refractivity contribution in [2.24, 2.45) is 4.99 Å². The molecule has 1 fully saturated rings. The molecule has 1 aliphatic rings. The molecule has 1 aliphatic heterocycles. The van der Waals surface area contributed by atoms with Crippen LogP contribution in [0.5, 0.6) is 0 Å². The second-order valence-electron chi connectivity index (χ2n) is 6.38. The number of nitrogens with one attached hydrogen (secondary N) is 2. The van der Waals surface area contributed by atoms with Gasteiger partial charge in [-0.2, -0.15) is 0 Å².